The summed E-state index contributed by atoms with van der Waals surface area (Å²) < 4.78 is 4.11. The average Bonchev–Trinajstić information content (AvgIpc) is 3.42. The van der Waals surface area contributed by atoms with Crippen LogP contribution in [0.2, 0.25) is 0 Å². The molecule has 0 aliphatic rings. The van der Waals surface area contributed by atoms with Crippen LogP contribution in [0.5, 0.6) is 0 Å². The summed E-state index contributed by atoms with van der Waals surface area (Å²) in [7, 11) is 0. The van der Waals surface area contributed by atoms with Crippen LogP contribution in [0.25, 0.3) is 51.1 Å². The molecule has 3 aromatic heterocycles. The van der Waals surface area contributed by atoms with Crippen LogP contribution < -0.4 is 0 Å². The van der Waals surface area contributed by atoms with Crippen LogP contribution >= 0.6 is 34.0 Å². The third-order valence-corrected chi connectivity index (χ3v) is 9.80. The van der Waals surface area contributed by atoms with Crippen molar-refractivity contribution in [1.29, 1.82) is 0 Å². The maximum Gasteiger partial charge on any atom is 0.0384 e. The minimum absolute atomic E-state index is 1.33. The second kappa shape index (κ2) is 6.78. The van der Waals surface area contributed by atoms with Crippen molar-refractivity contribution in [3.63, 3.8) is 0 Å². The van der Waals surface area contributed by atoms with E-state index in [-0.39, 0.29) is 0 Å². The molecule has 0 N–H and O–H groups in total. The average molecular weight is 441 g/mol. The molecule has 146 valence electrons. The quantitative estimate of drug-likeness (QED) is 0.251. The number of thiophene rings is 3. The van der Waals surface area contributed by atoms with Crippen LogP contribution in [0, 0.1) is 20.8 Å². The summed E-state index contributed by atoms with van der Waals surface area (Å²) in [6.45, 7) is 6.74. The molecule has 0 saturated carbocycles. The lowest BCUT2D eigenvalue weighted by Crippen LogP contribution is -1.79. The van der Waals surface area contributed by atoms with Crippen molar-refractivity contribution < 1.29 is 0 Å². The SMILES string of the molecule is Cc1csc2ccc(-c3sc4ccc(-c5sc6ccccc6c5C)cc4c3C)cc12. The first kappa shape index (κ1) is 18.3. The maximum atomic E-state index is 2.40. The predicted molar refractivity (Wildman–Crippen MR) is 138 cm³/mol. The highest BCUT2D eigenvalue weighted by molar-refractivity contribution is 7.23. The molecule has 0 spiro atoms. The van der Waals surface area contributed by atoms with Crippen molar-refractivity contribution in [1.82, 2.24) is 0 Å². The Morgan fingerprint density at radius 2 is 1.17 bits per heavy atom. The van der Waals surface area contributed by atoms with Gasteiger partial charge in [0.15, 0.2) is 0 Å². The first-order valence-electron chi connectivity index (χ1n) is 10.1. The Morgan fingerprint density at radius 1 is 0.567 bits per heavy atom. The van der Waals surface area contributed by atoms with Crippen molar-refractivity contribution in [2.75, 3.05) is 0 Å². The molecular formula is C27H20S3. The second-order valence-corrected chi connectivity index (χ2v) is 11.0. The van der Waals surface area contributed by atoms with E-state index in [1.807, 2.05) is 34.0 Å². The van der Waals surface area contributed by atoms with Gasteiger partial charge in [-0.1, -0.05) is 30.3 Å². The van der Waals surface area contributed by atoms with Gasteiger partial charge in [0.2, 0.25) is 0 Å². The van der Waals surface area contributed by atoms with Gasteiger partial charge in [-0.05, 0) is 100 Å². The van der Waals surface area contributed by atoms with Crippen LogP contribution in [0.3, 0.4) is 0 Å². The Balaban J connectivity index is 1.52. The molecule has 0 saturated heterocycles. The summed E-state index contributed by atoms with van der Waals surface area (Å²) in [4.78, 5) is 2.78. The van der Waals surface area contributed by atoms with E-state index in [0.717, 1.165) is 0 Å². The van der Waals surface area contributed by atoms with E-state index >= 15 is 0 Å². The fourth-order valence-electron chi connectivity index (χ4n) is 4.38. The van der Waals surface area contributed by atoms with Gasteiger partial charge in [0.05, 0.1) is 0 Å². The normalized spacial score (nSPS) is 11.8. The molecule has 0 nitrogen and oxygen atoms in total. The van der Waals surface area contributed by atoms with E-state index in [4.69, 9.17) is 0 Å². The van der Waals surface area contributed by atoms with E-state index < -0.39 is 0 Å². The molecule has 30 heavy (non-hydrogen) atoms. The Hall–Kier alpha value is -2.46. The molecule has 0 aliphatic heterocycles. The standard InChI is InChI=1S/C27H20S3/c1-15-14-28-23-10-8-18(12-21(15)23)27-17(3)22-13-19(9-11-25(22)30-27)26-16(2)20-6-4-5-7-24(20)29-26/h4-14H,1-3H3. The molecule has 0 fully saturated rings. The Labute approximate surface area is 188 Å². The summed E-state index contributed by atoms with van der Waals surface area (Å²) in [6, 6.07) is 22.7. The largest absolute Gasteiger partial charge is 0.144 e. The zero-order valence-corrected chi connectivity index (χ0v) is 19.5. The number of fused-ring (bicyclic) bond motifs is 3. The number of benzene rings is 3. The number of hydrogen-bond donors (Lipinski definition) is 0. The highest BCUT2D eigenvalue weighted by atomic mass is 32.1. The van der Waals surface area contributed by atoms with Gasteiger partial charge in [0, 0.05) is 23.9 Å². The van der Waals surface area contributed by atoms with Gasteiger partial charge in [-0.25, -0.2) is 0 Å². The van der Waals surface area contributed by atoms with E-state index in [0.29, 0.717) is 0 Å². The van der Waals surface area contributed by atoms with E-state index in [1.165, 1.54) is 67.8 Å². The Bertz CT molecular complexity index is 1570. The highest BCUT2D eigenvalue weighted by Crippen LogP contribution is 2.43. The van der Waals surface area contributed by atoms with Gasteiger partial charge in [0.25, 0.3) is 0 Å². The third-order valence-electron chi connectivity index (χ3n) is 6.07. The molecule has 6 aromatic rings. The van der Waals surface area contributed by atoms with Crippen LogP contribution in [0.4, 0.5) is 0 Å². The van der Waals surface area contributed by atoms with Crippen LogP contribution in [-0.4, -0.2) is 0 Å². The van der Waals surface area contributed by atoms with Gasteiger partial charge in [-0.2, -0.15) is 0 Å². The first-order chi connectivity index (χ1) is 14.6. The molecule has 0 aliphatic carbocycles. The minimum Gasteiger partial charge on any atom is -0.144 e. The fraction of sp³-hybridized carbons (Fsp3) is 0.111. The molecule has 0 amide bonds. The molecule has 3 aromatic carbocycles. The number of rotatable bonds is 2. The summed E-state index contributed by atoms with van der Waals surface area (Å²) in [5.41, 5.74) is 6.82. The van der Waals surface area contributed by atoms with E-state index in [9.17, 15) is 0 Å². The van der Waals surface area contributed by atoms with Gasteiger partial charge in [0.1, 0.15) is 0 Å². The molecule has 0 atom stereocenters. The highest BCUT2D eigenvalue weighted by Gasteiger charge is 2.15. The molecule has 3 heteroatoms. The fourth-order valence-corrected chi connectivity index (χ4v) is 7.70. The van der Waals surface area contributed by atoms with Crippen molar-refractivity contribution in [2.24, 2.45) is 0 Å². The lowest BCUT2D eigenvalue weighted by atomic mass is 10.0. The topological polar surface area (TPSA) is 0 Å². The maximum absolute atomic E-state index is 2.40. The van der Waals surface area contributed by atoms with Crippen molar-refractivity contribution >= 4 is 64.3 Å². The minimum atomic E-state index is 1.33. The van der Waals surface area contributed by atoms with Crippen LogP contribution in [0.15, 0.2) is 66.0 Å². The lowest BCUT2D eigenvalue weighted by molar-refractivity contribution is 1.56. The summed E-state index contributed by atoms with van der Waals surface area (Å²) in [5.74, 6) is 0. The van der Waals surface area contributed by atoms with Crippen molar-refractivity contribution in [2.45, 2.75) is 20.8 Å². The van der Waals surface area contributed by atoms with E-state index in [2.05, 4.69) is 86.8 Å². The zero-order chi connectivity index (χ0) is 20.4. The Kier molecular flexibility index (Phi) is 4.14. The monoisotopic (exact) mass is 440 g/mol. The van der Waals surface area contributed by atoms with Gasteiger partial charge in [-0.15, -0.1) is 34.0 Å². The molecule has 0 unspecified atom stereocenters. The summed E-state index contributed by atoms with van der Waals surface area (Å²) in [5, 5.41) is 6.40. The summed E-state index contributed by atoms with van der Waals surface area (Å²) >= 11 is 5.65. The number of hydrogen-bond acceptors (Lipinski definition) is 3. The molecular weight excluding hydrogens is 420 g/mol. The van der Waals surface area contributed by atoms with Gasteiger partial charge in [-0.3, -0.25) is 0 Å². The van der Waals surface area contributed by atoms with Gasteiger partial charge < -0.3 is 0 Å². The predicted octanol–water partition coefficient (Wildman–Crippen LogP) is 9.59. The Morgan fingerprint density at radius 3 is 1.90 bits per heavy atom. The smallest absolute Gasteiger partial charge is 0.0384 e. The molecule has 0 radical (unpaired) electrons. The van der Waals surface area contributed by atoms with Crippen molar-refractivity contribution in [3.05, 3.63) is 82.7 Å². The number of aryl methyl sites for hydroxylation is 3. The van der Waals surface area contributed by atoms with Crippen LogP contribution in [-0.2, 0) is 0 Å². The third kappa shape index (κ3) is 2.70. The van der Waals surface area contributed by atoms with Crippen LogP contribution in [0.1, 0.15) is 16.7 Å². The second-order valence-electron chi connectivity index (χ2n) is 7.95. The molecule has 6 rings (SSSR count). The van der Waals surface area contributed by atoms with Gasteiger partial charge >= 0.3 is 0 Å². The summed E-state index contributed by atoms with van der Waals surface area (Å²) in [6.07, 6.45) is 0. The molecule has 3 heterocycles. The first-order valence-corrected chi connectivity index (χ1v) is 12.6. The van der Waals surface area contributed by atoms with Crippen molar-refractivity contribution in [3.8, 4) is 20.9 Å². The molecule has 0 bridgehead atoms. The lowest BCUT2D eigenvalue weighted by Gasteiger charge is -2.03. The van der Waals surface area contributed by atoms with E-state index in [1.54, 1.807) is 0 Å². The zero-order valence-electron chi connectivity index (χ0n) is 17.1.